The van der Waals surface area contributed by atoms with Crippen LogP contribution < -0.4 is 4.74 Å². The summed E-state index contributed by atoms with van der Waals surface area (Å²) in [5, 5.41) is 1.24. The van der Waals surface area contributed by atoms with Crippen molar-refractivity contribution in [1.82, 2.24) is 4.57 Å². The molecule has 0 saturated carbocycles. The Balaban J connectivity index is 1.84. The van der Waals surface area contributed by atoms with E-state index >= 15 is 0 Å². The molecule has 0 saturated heterocycles. The van der Waals surface area contributed by atoms with Crippen molar-refractivity contribution >= 4 is 10.9 Å². The summed E-state index contributed by atoms with van der Waals surface area (Å²) in [5.74, 6) is 0.894. The zero-order valence-electron chi connectivity index (χ0n) is 15.3. The molecule has 0 fully saturated rings. The molecular weight excluding hydrogens is 318 g/mol. The van der Waals surface area contributed by atoms with Crippen LogP contribution in [0.2, 0.25) is 0 Å². The predicted octanol–water partition coefficient (Wildman–Crippen LogP) is 5.79. The predicted molar refractivity (Wildman–Crippen MR) is 108 cm³/mol. The van der Waals surface area contributed by atoms with Gasteiger partial charge in [-0.3, -0.25) is 0 Å². The quantitative estimate of drug-likeness (QED) is 0.448. The second-order valence-electron chi connectivity index (χ2n) is 6.59. The molecule has 0 atom stereocenters. The molecule has 130 valence electrons. The van der Waals surface area contributed by atoms with E-state index in [2.05, 4.69) is 84.4 Å². The average Bonchev–Trinajstić information content (AvgIpc) is 3.06. The van der Waals surface area contributed by atoms with Gasteiger partial charge in [0.05, 0.1) is 12.6 Å². The van der Waals surface area contributed by atoms with Crippen molar-refractivity contribution in [3.8, 4) is 11.4 Å². The van der Waals surface area contributed by atoms with Gasteiger partial charge in [0.15, 0.2) is 0 Å². The van der Waals surface area contributed by atoms with Gasteiger partial charge in [0.2, 0.25) is 0 Å². The fourth-order valence-corrected chi connectivity index (χ4v) is 3.47. The van der Waals surface area contributed by atoms with Crippen LogP contribution in [0.3, 0.4) is 0 Å². The molecule has 4 rings (SSSR count). The maximum Gasteiger partial charge on any atom is 0.119 e. The number of methoxy groups -OCH3 is 1. The van der Waals surface area contributed by atoms with Crippen LogP contribution in [0, 0.1) is 0 Å². The maximum atomic E-state index is 5.46. The molecule has 2 heteroatoms. The number of fused-ring (bicyclic) bond motifs is 1. The van der Waals surface area contributed by atoms with Crippen molar-refractivity contribution in [2.24, 2.45) is 0 Å². The van der Waals surface area contributed by atoms with Crippen molar-refractivity contribution in [3.63, 3.8) is 0 Å². The van der Waals surface area contributed by atoms with E-state index in [1.165, 1.54) is 33.3 Å². The highest BCUT2D eigenvalue weighted by Crippen LogP contribution is 2.30. The minimum atomic E-state index is 0.894. The molecule has 0 N–H and O–H groups in total. The van der Waals surface area contributed by atoms with Crippen LogP contribution in [0.15, 0.2) is 79.0 Å². The monoisotopic (exact) mass is 341 g/mol. The molecule has 0 aliphatic carbocycles. The van der Waals surface area contributed by atoms with Gasteiger partial charge >= 0.3 is 0 Å². The Hall–Kier alpha value is -3.00. The summed E-state index contributed by atoms with van der Waals surface area (Å²) in [7, 11) is 1.72. The third-order valence-electron chi connectivity index (χ3n) is 4.95. The second-order valence-corrected chi connectivity index (χ2v) is 6.59. The molecule has 2 nitrogen and oxygen atoms in total. The molecule has 0 aliphatic heterocycles. The summed E-state index contributed by atoms with van der Waals surface area (Å²) < 4.78 is 7.75. The topological polar surface area (TPSA) is 14.2 Å². The van der Waals surface area contributed by atoms with E-state index in [0.717, 1.165) is 18.6 Å². The number of nitrogens with zero attached hydrogens (tertiary/aromatic N) is 1. The lowest BCUT2D eigenvalue weighted by Gasteiger charge is -2.07. The van der Waals surface area contributed by atoms with E-state index in [4.69, 9.17) is 4.74 Å². The molecule has 1 heterocycles. The molecule has 1 aromatic heterocycles. The molecule has 3 aromatic carbocycles. The molecule has 4 aromatic rings. The van der Waals surface area contributed by atoms with E-state index in [1.807, 2.05) is 6.07 Å². The fourth-order valence-electron chi connectivity index (χ4n) is 3.47. The van der Waals surface area contributed by atoms with Gasteiger partial charge < -0.3 is 9.30 Å². The van der Waals surface area contributed by atoms with E-state index in [9.17, 15) is 0 Å². The van der Waals surface area contributed by atoms with E-state index in [-0.39, 0.29) is 0 Å². The van der Waals surface area contributed by atoms with Crippen LogP contribution in [-0.2, 0) is 12.8 Å². The van der Waals surface area contributed by atoms with Crippen molar-refractivity contribution in [2.75, 3.05) is 7.11 Å². The Kier molecular flexibility index (Phi) is 4.49. The van der Waals surface area contributed by atoms with Crippen LogP contribution in [0.5, 0.6) is 5.75 Å². The van der Waals surface area contributed by atoms with Crippen LogP contribution in [0.4, 0.5) is 0 Å². The molecule has 0 spiro atoms. The molecule has 0 amide bonds. The summed E-state index contributed by atoms with van der Waals surface area (Å²) >= 11 is 0. The lowest BCUT2D eigenvalue weighted by Crippen LogP contribution is -1.92. The van der Waals surface area contributed by atoms with Crippen molar-refractivity contribution in [2.45, 2.75) is 19.8 Å². The first-order valence-corrected chi connectivity index (χ1v) is 9.09. The van der Waals surface area contributed by atoms with E-state index in [1.54, 1.807) is 7.11 Å². The van der Waals surface area contributed by atoms with Gasteiger partial charge in [-0.2, -0.15) is 0 Å². The number of hydrogen-bond acceptors (Lipinski definition) is 1. The second kappa shape index (κ2) is 7.09. The number of benzene rings is 3. The Morgan fingerprint density at radius 2 is 1.62 bits per heavy atom. The lowest BCUT2D eigenvalue weighted by molar-refractivity contribution is 0.415. The molecule has 0 aliphatic rings. The highest BCUT2D eigenvalue weighted by Gasteiger charge is 2.12. The Bertz CT molecular complexity index is 1010. The lowest BCUT2D eigenvalue weighted by atomic mass is 10.0. The van der Waals surface area contributed by atoms with Gasteiger partial charge in [-0.1, -0.05) is 49.4 Å². The van der Waals surface area contributed by atoms with Gasteiger partial charge in [0.25, 0.3) is 0 Å². The van der Waals surface area contributed by atoms with Crippen molar-refractivity contribution in [3.05, 3.63) is 95.7 Å². The summed E-state index contributed by atoms with van der Waals surface area (Å²) in [5.41, 5.74) is 6.38. The molecule has 0 unspecified atom stereocenters. The Morgan fingerprint density at radius 3 is 2.31 bits per heavy atom. The number of ether oxygens (including phenoxy) is 1. The Morgan fingerprint density at radius 1 is 0.846 bits per heavy atom. The summed E-state index contributed by atoms with van der Waals surface area (Å²) in [6, 6.07) is 25.8. The third kappa shape index (κ3) is 3.11. The van der Waals surface area contributed by atoms with Crippen molar-refractivity contribution < 1.29 is 4.74 Å². The Labute approximate surface area is 154 Å². The number of aryl methyl sites for hydroxylation is 1. The first-order chi connectivity index (χ1) is 12.8. The maximum absolute atomic E-state index is 5.46. The van der Waals surface area contributed by atoms with E-state index < -0.39 is 0 Å². The molecule has 0 bridgehead atoms. The van der Waals surface area contributed by atoms with Gasteiger partial charge in [-0.25, -0.2) is 0 Å². The standard InChI is InChI=1S/C24H23NO/c1-3-18-9-11-21(12-10-18)25-17-20(15-19-7-5-4-6-8-19)23-16-22(26-2)13-14-24(23)25/h4-14,16-17H,3,15H2,1-2H3. The minimum Gasteiger partial charge on any atom is -0.497 e. The van der Waals surface area contributed by atoms with Gasteiger partial charge in [0, 0.05) is 17.3 Å². The number of aromatic nitrogens is 1. The molecule has 0 radical (unpaired) electrons. The van der Waals surface area contributed by atoms with Crippen LogP contribution in [0.25, 0.3) is 16.6 Å². The zero-order valence-corrected chi connectivity index (χ0v) is 15.3. The summed E-state index contributed by atoms with van der Waals surface area (Å²) in [6.45, 7) is 2.18. The number of rotatable bonds is 5. The smallest absolute Gasteiger partial charge is 0.119 e. The highest BCUT2D eigenvalue weighted by atomic mass is 16.5. The van der Waals surface area contributed by atoms with Gasteiger partial charge in [-0.05, 0) is 59.9 Å². The summed E-state index contributed by atoms with van der Waals surface area (Å²) in [4.78, 5) is 0. The number of hydrogen-bond donors (Lipinski definition) is 0. The van der Waals surface area contributed by atoms with Crippen molar-refractivity contribution in [1.29, 1.82) is 0 Å². The van der Waals surface area contributed by atoms with Gasteiger partial charge in [-0.15, -0.1) is 0 Å². The fraction of sp³-hybridized carbons (Fsp3) is 0.167. The molecular formula is C24H23NO. The van der Waals surface area contributed by atoms with Crippen LogP contribution >= 0.6 is 0 Å². The van der Waals surface area contributed by atoms with Gasteiger partial charge in [0.1, 0.15) is 5.75 Å². The molecule has 26 heavy (non-hydrogen) atoms. The normalized spacial score (nSPS) is 11.0. The zero-order chi connectivity index (χ0) is 17.9. The highest BCUT2D eigenvalue weighted by molar-refractivity contribution is 5.87. The van der Waals surface area contributed by atoms with Crippen LogP contribution in [-0.4, -0.2) is 11.7 Å². The third-order valence-corrected chi connectivity index (χ3v) is 4.95. The van der Waals surface area contributed by atoms with E-state index in [0.29, 0.717) is 0 Å². The first-order valence-electron chi connectivity index (χ1n) is 9.09. The first kappa shape index (κ1) is 16.5. The summed E-state index contributed by atoms with van der Waals surface area (Å²) in [6.07, 6.45) is 4.23. The SMILES string of the molecule is CCc1ccc(-n2cc(Cc3ccccc3)c3cc(OC)ccc32)cc1. The largest absolute Gasteiger partial charge is 0.497 e. The average molecular weight is 341 g/mol. The van der Waals surface area contributed by atoms with Crippen LogP contribution in [0.1, 0.15) is 23.6 Å². The minimum absolute atomic E-state index is 0.894.